The van der Waals surface area contributed by atoms with Gasteiger partial charge in [-0.1, -0.05) is 37.8 Å². The lowest BCUT2D eigenvalue weighted by atomic mass is 9.85. The van der Waals surface area contributed by atoms with E-state index in [9.17, 15) is 14.7 Å². The monoisotopic (exact) mass is 277 g/mol. The summed E-state index contributed by atoms with van der Waals surface area (Å²) in [4.78, 5) is 25.9. The fourth-order valence-corrected chi connectivity index (χ4v) is 3.97. The van der Waals surface area contributed by atoms with Gasteiger partial charge in [-0.05, 0) is 25.2 Å². The Balaban J connectivity index is 1.59. The van der Waals surface area contributed by atoms with Crippen LogP contribution in [0.4, 0.5) is 0 Å². The molecule has 3 aliphatic rings. The number of aliphatic hydroxyl groups excluding tert-OH is 1. The standard InChI is InChI=1S/C16H23NO3/c18-12(9-11-5-1-2-6-11)10-17-15(19)13-7-3-4-8-14(13)16(17)20/h3-4,11-14,18H,1-2,5-10H2. The van der Waals surface area contributed by atoms with Gasteiger partial charge < -0.3 is 5.11 Å². The first-order valence-electron chi connectivity index (χ1n) is 7.85. The average molecular weight is 277 g/mol. The first-order valence-corrected chi connectivity index (χ1v) is 7.85. The molecular weight excluding hydrogens is 254 g/mol. The molecule has 2 fully saturated rings. The number of carbonyl (C=O) groups excluding carboxylic acids is 2. The summed E-state index contributed by atoms with van der Waals surface area (Å²) in [7, 11) is 0. The molecule has 0 aromatic rings. The van der Waals surface area contributed by atoms with Crippen LogP contribution in [0.2, 0.25) is 0 Å². The molecule has 3 unspecified atom stereocenters. The molecular formula is C16H23NO3. The summed E-state index contributed by atoms with van der Waals surface area (Å²) in [5.41, 5.74) is 0. The number of amides is 2. The number of carbonyl (C=O) groups is 2. The molecule has 1 N–H and O–H groups in total. The Labute approximate surface area is 119 Å². The highest BCUT2D eigenvalue weighted by Gasteiger charge is 2.47. The molecule has 0 spiro atoms. The second-order valence-corrected chi connectivity index (χ2v) is 6.48. The first-order chi connectivity index (χ1) is 9.66. The van der Waals surface area contributed by atoms with Gasteiger partial charge in [-0.3, -0.25) is 14.5 Å². The molecule has 1 saturated carbocycles. The van der Waals surface area contributed by atoms with Crippen LogP contribution in [0.5, 0.6) is 0 Å². The van der Waals surface area contributed by atoms with E-state index >= 15 is 0 Å². The van der Waals surface area contributed by atoms with Crippen molar-refractivity contribution in [1.29, 1.82) is 0 Å². The number of hydrogen-bond acceptors (Lipinski definition) is 3. The Hall–Kier alpha value is -1.16. The smallest absolute Gasteiger partial charge is 0.233 e. The Morgan fingerprint density at radius 2 is 1.65 bits per heavy atom. The molecule has 0 bridgehead atoms. The van der Waals surface area contributed by atoms with Crippen LogP contribution in [0.1, 0.15) is 44.9 Å². The van der Waals surface area contributed by atoms with E-state index in [1.54, 1.807) is 0 Å². The third-order valence-electron chi connectivity index (χ3n) is 5.07. The molecule has 2 amide bonds. The van der Waals surface area contributed by atoms with E-state index < -0.39 is 6.10 Å². The van der Waals surface area contributed by atoms with E-state index in [1.165, 1.54) is 30.6 Å². The van der Waals surface area contributed by atoms with Crippen LogP contribution >= 0.6 is 0 Å². The van der Waals surface area contributed by atoms with Crippen molar-refractivity contribution >= 4 is 11.8 Å². The molecule has 2 aliphatic carbocycles. The summed E-state index contributed by atoms with van der Waals surface area (Å²) in [5.74, 6) is 0.0729. The van der Waals surface area contributed by atoms with Crippen LogP contribution in [0.25, 0.3) is 0 Å². The van der Waals surface area contributed by atoms with Gasteiger partial charge in [0.25, 0.3) is 0 Å². The van der Waals surface area contributed by atoms with Crippen molar-refractivity contribution in [1.82, 2.24) is 4.90 Å². The van der Waals surface area contributed by atoms with Crippen molar-refractivity contribution in [2.45, 2.75) is 51.0 Å². The molecule has 110 valence electrons. The van der Waals surface area contributed by atoms with E-state index in [-0.39, 0.29) is 30.2 Å². The van der Waals surface area contributed by atoms with Gasteiger partial charge in [-0.25, -0.2) is 0 Å². The van der Waals surface area contributed by atoms with Crippen molar-refractivity contribution in [3.05, 3.63) is 12.2 Å². The second-order valence-electron chi connectivity index (χ2n) is 6.48. The zero-order valence-electron chi connectivity index (χ0n) is 11.8. The van der Waals surface area contributed by atoms with Gasteiger partial charge in [0, 0.05) is 0 Å². The summed E-state index contributed by atoms with van der Waals surface area (Å²) in [6.07, 6.45) is 10.3. The zero-order valence-corrected chi connectivity index (χ0v) is 11.8. The molecule has 3 atom stereocenters. The number of nitrogens with zero attached hydrogens (tertiary/aromatic N) is 1. The van der Waals surface area contributed by atoms with Crippen LogP contribution in [0.3, 0.4) is 0 Å². The Morgan fingerprint density at radius 1 is 1.10 bits per heavy atom. The second kappa shape index (κ2) is 5.68. The van der Waals surface area contributed by atoms with Gasteiger partial charge in [0.2, 0.25) is 11.8 Å². The zero-order chi connectivity index (χ0) is 14.1. The summed E-state index contributed by atoms with van der Waals surface area (Å²) in [5, 5.41) is 10.2. The molecule has 4 heteroatoms. The fourth-order valence-electron chi connectivity index (χ4n) is 3.97. The van der Waals surface area contributed by atoms with Crippen molar-refractivity contribution in [2.75, 3.05) is 6.54 Å². The third kappa shape index (κ3) is 2.53. The van der Waals surface area contributed by atoms with Crippen molar-refractivity contribution < 1.29 is 14.7 Å². The SMILES string of the molecule is O=C1C2CC=CCC2C(=O)N1CC(O)CC1CCCC1. The van der Waals surface area contributed by atoms with Crippen molar-refractivity contribution in [2.24, 2.45) is 17.8 Å². The number of fused-ring (bicyclic) bond motifs is 1. The molecule has 20 heavy (non-hydrogen) atoms. The number of imide groups is 1. The number of allylic oxidation sites excluding steroid dienone is 2. The van der Waals surface area contributed by atoms with Crippen LogP contribution in [0.15, 0.2) is 12.2 Å². The van der Waals surface area contributed by atoms with Gasteiger partial charge in [-0.2, -0.15) is 0 Å². The number of rotatable bonds is 4. The lowest BCUT2D eigenvalue weighted by molar-refractivity contribution is -0.141. The highest BCUT2D eigenvalue weighted by molar-refractivity contribution is 6.05. The predicted molar refractivity (Wildman–Crippen MR) is 74.7 cm³/mol. The molecule has 4 nitrogen and oxygen atoms in total. The Bertz CT molecular complexity index is 399. The summed E-state index contributed by atoms with van der Waals surface area (Å²) >= 11 is 0. The molecule has 3 rings (SSSR count). The topological polar surface area (TPSA) is 57.6 Å². The quantitative estimate of drug-likeness (QED) is 0.630. The van der Waals surface area contributed by atoms with E-state index in [4.69, 9.17) is 0 Å². The van der Waals surface area contributed by atoms with Gasteiger partial charge in [-0.15, -0.1) is 0 Å². The fraction of sp³-hybridized carbons (Fsp3) is 0.750. The molecule has 0 aromatic heterocycles. The molecule has 0 aromatic carbocycles. The molecule has 1 saturated heterocycles. The number of aliphatic hydroxyl groups is 1. The molecule has 1 aliphatic heterocycles. The van der Waals surface area contributed by atoms with Crippen molar-refractivity contribution in [3.8, 4) is 0 Å². The Kier molecular flexibility index (Phi) is 3.92. The normalized spacial score (nSPS) is 31.9. The largest absolute Gasteiger partial charge is 0.391 e. The minimum atomic E-state index is -0.556. The lowest BCUT2D eigenvalue weighted by Gasteiger charge is -2.21. The van der Waals surface area contributed by atoms with E-state index in [0.717, 1.165) is 6.42 Å². The van der Waals surface area contributed by atoms with Gasteiger partial charge in [0.15, 0.2) is 0 Å². The third-order valence-corrected chi connectivity index (χ3v) is 5.07. The minimum Gasteiger partial charge on any atom is -0.391 e. The van der Waals surface area contributed by atoms with Crippen LogP contribution < -0.4 is 0 Å². The van der Waals surface area contributed by atoms with Crippen LogP contribution in [-0.4, -0.2) is 34.5 Å². The van der Waals surface area contributed by atoms with Crippen LogP contribution in [-0.2, 0) is 9.59 Å². The van der Waals surface area contributed by atoms with Gasteiger partial charge in [0.1, 0.15) is 0 Å². The average Bonchev–Trinajstić information content (AvgIpc) is 3.03. The minimum absolute atomic E-state index is 0.0742. The van der Waals surface area contributed by atoms with Crippen molar-refractivity contribution in [3.63, 3.8) is 0 Å². The Morgan fingerprint density at radius 3 is 2.20 bits per heavy atom. The van der Waals surface area contributed by atoms with Gasteiger partial charge >= 0.3 is 0 Å². The van der Waals surface area contributed by atoms with Crippen LogP contribution in [0, 0.1) is 17.8 Å². The maximum absolute atomic E-state index is 12.3. The first kappa shape index (κ1) is 13.8. The van der Waals surface area contributed by atoms with Gasteiger partial charge in [0.05, 0.1) is 24.5 Å². The molecule has 1 heterocycles. The summed E-state index contributed by atoms with van der Waals surface area (Å²) < 4.78 is 0. The van der Waals surface area contributed by atoms with E-state index in [0.29, 0.717) is 18.8 Å². The lowest BCUT2D eigenvalue weighted by Crippen LogP contribution is -2.38. The van der Waals surface area contributed by atoms with E-state index in [2.05, 4.69) is 0 Å². The number of hydrogen-bond donors (Lipinski definition) is 1. The molecule has 0 radical (unpaired) electrons. The maximum Gasteiger partial charge on any atom is 0.233 e. The highest BCUT2D eigenvalue weighted by Crippen LogP contribution is 2.35. The summed E-state index contributed by atoms with van der Waals surface area (Å²) in [6, 6.07) is 0. The van der Waals surface area contributed by atoms with E-state index in [1.807, 2.05) is 12.2 Å². The highest BCUT2D eigenvalue weighted by atomic mass is 16.3. The predicted octanol–water partition coefficient (Wildman–Crippen LogP) is 1.88. The summed E-state index contributed by atoms with van der Waals surface area (Å²) in [6.45, 7) is 0.196. The maximum atomic E-state index is 12.3. The number of β-amino-alcohol motifs (C(OH)–C–C–N with tert-alkyl or cyclic N) is 1. The number of likely N-dealkylation sites (tertiary alicyclic amines) is 1.